The van der Waals surface area contributed by atoms with Crippen molar-refractivity contribution in [1.29, 1.82) is 0 Å². The summed E-state index contributed by atoms with van der Waals surface area (Å²) in [4.78, 5) is 17.8. The number of ether oxygens (including phenoxy) is 1. The van der Waals surface area contributed by atoms with Gasteiger partial charge >= 0.3 is 0 Å². The lowest BCUT2D eigenvalue weighted by atomic mass is 10.0. The zero-order valence-corrected chi connectivity index (χ0v) is 15.8. The van der Waals surface area contributed by atoms with Crippen LogP contribution >= 0.6 is 0 Å². The predicted octanol–water partition coefficient (Wildman–Crippen LogP) is 3.97. The largest absolute Gasteiger partial charge is 0.489 e. The lowest BCUT2D eigenvalue weighted by Gasteiger charge is -2.36. The maximum absolute atomic E-state index is 13.1. The van der Waals surface area contributed by atoms with E-state index in [2.05, 4.69) is 4.90 Å². The molecule has 2 saturated heterocycles. The lowest BCUT2D eigenvalue weighted by molar-refractivity contribution is 0.0642. The second-order valence-electron chi connectivity index (χ2n) is 7.53. The second kappa shape index (κ2) is 8.57. The fraction of sp³-hybridized carbons (Fsp3) is 0.435. The summed E-state index contributed by atoms with van der Waals surface area (Å²) < 4.78 is 5.88. The summed E-state index contributed by atoms with van der Waals surface area (Å²) in [5.41, 5.74) is 1.72. The first-order valence-electron chi connectivity index (χ1n) is 10.1. The number of rotatable bonds is 5. The Bertz CT molecular complexity index is 748. The number of hydrogen-bond acceptors (Lipinski definition) is 3. The van der Waals surface area contributed by atoms with E-state index in [1.807, 2.05) is 59.5 Å². The first kappa shape index (κ1) is 18.1. The van der Waals surface area contributed by atoms with Gasteiger partial charge in [0.2, 0.25) is 0 Å². The number of amides is 1. The molecule has 0 saturated carbocycles. The highest BCUT2D eigenvalue weighted by molar-refractivity contribution is 5.95. The highest BCUT2D eigenvalue weighted by Crippen LogP contribution is 2.23. The third-order valence-corrected chi connectivity index (χ3v) is 5.79. The van der Waals surface area contributed by atoms with E-state index in [0.29, 0.717) is 12.6 Å². The van der Waals surface area contributed by atoms with E-state index in [9.17, 15) is 4.79 Å². The number of piperidine rings is 1. The zero-order chi connectivity index (χ0) is 18.5. The van der Waals surface area contributed by atoms with Crippen molar-refractivity contribution in [2.45, 2.75) is 38.3 Å². The van der Waals surface area contributed by atoms with E-state index in [-0.39, 0.29) is 5.91 Å². The monoisotopic (exact) mass is 364 g/mol. The van der Waals surface area contributed by atoms with Crippen molar-refractivity contribution in [3.63, 3.8) is 0 Å². The number of carbonyl (C=O) groups excluding carboxylic acids is 1. The van der Waals surface area contributed by atoms with Crippen LogP contribution in [-0.2, 0) is 6.61 Å². The fourth-order valence-corrected chi connectivity index (χ4v) is 4.24. The Labute approximate surface area is 161 Å². The van der Waals surface area contributed by atoms with E-state index in [1.54, 1.807) is 0 Å². The molecule has 4 heteroatoms. The van der Waals surface area contributed by atoms with Crippen LogP contribution in [0.2, 0.25) is 0 Å². The Hall–Kier alpha value is -2.33. The molecule has 27 heavy (non-hydrogen) atoms. The van der Waals surface area contributed by atoms with Crippen LogP contribution in [0, 0.1) is 0 Å². The Morgan fingerprint density at radius 1 is 0.889 bits per heavy atom. The fourth-order valence-electron chi connectivity index (χ4n) is 4.24. The highest BCUT2D eigenvalue weighted by atomic mass is 16.5. The molecule has 0 aromatic heterocycles. The number of carbonyl (C=O) groups is 1. The van der Waals surface area contributed by atoms with Crippen molar-refractivity contribution >= 4 is 5.91 Å². The molecule has 0 spiro atoms. The minimum Gasteiger partial charge on any atom is -0.489 e. The van der Waals surface area contributed by atoms with Gasteiger partial charge in [-0.2, -0.15) is 0 Å². The SMILES string of the molecule is O=C(c1ccccc1COc1ccccc1)N1CCC(N2CCCC2)CC1. The summed E-state index contributed by atoms with van der Waals surface area (Å²) >= 11 is 0. The van der Waals surface area contributed by atoms with Crippen molar-refractivity contribution in [3.8, 4) is 5.75 Å². The highest BCUT2D eigenvalue weighted by Gasteiger charge is 2.29. The number of nitrogens with zero attached hydrogens (tertiary/aromatic N) is 2. The van der Waals surface area contributed by atoms with Crippen LogP contribution in [0.25, 0.3) is 0 Å². The molecule has 0 N–H and O–H groups in total. The van der Waals surface area contributed by atoms with Gasteiger partial charge in [-0.15, -0.1) is 0 Å². The van der Waals surface area contributed by atoms with Gasteiger partial charge in [-0.25, -0.2) is 0 Å². The van der Waals surface area contributed by atoms with Crippen molar-refractivity contribution in [2.75, 3.05) is 26.2 Å². The molecule has 2 heterocycles. The summed E-state index contributed by atoms with van der Waals surface area (Å²) in [7, 11) is 0. The van der Waals surface area contributed by atoms with Gasteiger partial charge in [0.1, 0.15) is 12.4 Å². The Kier molecular flexibility index (Phi) is 5.73. The van der Waals surface area contributed by atoms with E-state index >= 15 is 0 Å². The third-order valence-electron chi connectivity index (χ3n) is 5.79. The Morgan fingerprint density at radius 2 is 1.56 bits per heavy atom. The molecule has 0 radical (unpaired) electrons. The third kappa shape index (κ3) is 4.33. The summed E-state index contributed by atoms with van der Waals surface area (Å²) in [5, 5.41) is 0. The van der Waals surface area contributed by atoms with Crippen molar-refractivity contribution in [1.82, 2.24) is 9.80 Å². The van der Waals surface area contributed by atoms with Crippen LogP contribution in [0.15, 0.2) is 54.6 Å². The first-order chi connectivity index (χ1) is 13.3. The molecular formula is C23H28N2O2. The van der Waals surface area contributed by atoms with Gasteiger partial charge in [0.15, 0.2) is 0 Å². The molecule has 2 aliphatic heterocycles. The normalized spacial score (nSPS) is 18.6. The van der Waals surface area contributed by atoms with Crippen LogP contribution in [0.1, 0.15) is 41.6 Å². The minimum atomic E-state index is 0.141. The van der Waals surface area contributed by atoms with Gasteiger partial charge in [-0.05, 0) is 57.0 Å². The van der Waals surface area contributed by atoms with Crippen LogP contribution in [-0.4, -0.2) is 47.9 Å². The minimum absolute atomic E-state index is 0.141. The van der Waals surface area contributed by atoms with Gasteiger partial charge in [0, 0.05) is 30.3 Å². The van der Waals surface area contributed by atoms with Gasteiger partial charge in [-0.3, -0.25) is 4.79 Å². The van der Waals surface area contributed by atoms with Crippen LogP contribution in [0.3, 0.4) is 0 Å². The standard InChI is InChI=1S/C23H28N2O2/c26-23(25-16-12-20(13-17-25)24-14-6-7-15-24)22-11-5-4-8-19(22)18-27-21-9-2-1-3-10-21/h1-5,8-11,20H,6-7,12-18H2. The average Bonchev–Trinajstić information content (AvgIpc) is 3.28. The predicted molar refractivity (Wildman–Crippen MR) is 107 cm³/mol. The summed E-state index contributed by atoms with van der Waals surface area (Å²) in [6.07, 6.45) is 4.84. The van der Waals surface area contributed by atoms with Crippen molar-refractivity contribution in [3.05, 3.63) is 65.7 Å². The van der Waals surface area contributed by atoms with E-state index in [0.717, 1.165) is 42.8 Å². The molecule has 142 valence electrons. The molecule has 0 aliphatic carbocycles. The summed E-state index contributed by atoms with van der Waals surface area (Å²) in [6, 6.07) is 18.3. The number of likely N-dealkylation sites (tertiary alicyclic amines) is 2. The van der Waals surface area contributed by atoms with Crippen molar-refractivity contribution in [2.24, 2.45) is 0 Å². The summed E-state index contributed by atoms with van der Waals surface area (Å²) in [6.45, 7) is 4.59. The van der Waals surface area contributed by atoms with Gasteiger partial charge in [0.25, 0.3) is 5.91 Å². The molecule has 4 rings (SSSR count). The topological polar surface area (TPSA) is 32.8 Å². The first-order valence-corrected chi connectivity index (χ1v) is 10.1. The van der Waals surface area contributed by atoms with Crippen LogP contribution in [0.4, 0.5) is 0 Å². The molecule has 2 fully saturated rings. The number of hydrogen-bond donors (Lipinski definition) is 0. The van der Waals surface area contributed by atoms with Crippen LogP contribution < -0.4 is 4.74 Å². The Morgan fingerprint density at radius 3 is 2.30 bits per heavy atom. The Balaban J connectivity index is 1.38. The molecule has 2 aromatic rings. The van der Waals surface area contributed by atoms with Crippen molar-refractivity contribution < 1.29 is 9.53 Å². The smallest absolute Gasteiger partial charge is 0.254 e. The second-order valence-corrected chi connectivity index (χ2v) is 7.53. The molecule has 2 aromatic carbocycles. The maximum atomic E-state index is 13.1. The molecule has 0 unspecified atom stereocenters. The lowest BCUT2D eigenvalue weighted by Crippen LogP contribution is -2.46. The van der Waals surface area contributed by atoms with E-state index in [1.165, 1.54) is 25.9 Å². The van der Waals surface area contributed by atoms with Gasteiger partial charge < -0.3 is 14.5 Å². The molecule has 0 atom stereocenters. The van der Waals surface area contributed by atoms with Gasteiger partial charge in [-0.1, -0.05) is 36.4 Å². The maximum Gasteiger partial charge on any atom is 0.254 e. The average molecular weight is 364 g/mol. The zero-order valence-electron chi connectivity index (χ0n) is 15.8. The quantitative estimate of drug-likeness (QED) is 0.805. The molecular weight excluding hydrogens is 336 g/mol. The van der Waals surface area contributed by atoms with E-state index in [4.69, 9.17) is 4.74 Å². The molecule has 0 bridgehead atoms. The molecule has 2 aliphatic rings. The number of benzene rings is 2. The summed E-state index contributed by atoms with van der Waals surface area (Å²) in [5.74, 6) is 0.966. The van der Waals surface area contributed by atoms with Gasteiger partial charge in [0.05, 0.1) is 0 Å². The number of para-hydroxylation sites is 1. The molecule has 1 amide bonds. The molecule has 4 nitrogen and oxygen atoms in total. The van der Waals surface area contributed by atoms with E-state index < -0.39 is 0 Å². The van der Waals surface area contributed by atoms with Crippen LogP contribution in [0.5, 0.6) is 5.75 Å².